The summed E-state index contributed by atoms with van der Waals surface area (Å²) in [6, 6.07) is 0.230. The molecule has 1 aromatic rings. The fourth-order valence-electron chi connectivity index (χ4n) is 4.19. The van der Waals surface area contributed by atoms with Crippen LogP contribution < -0.4 is 0 Å². The van der Waals surface area contributed by atoms with Crippen LogP contribution in [0.2, 0.25) is 0 Å². The number of fused-ring (bicyclic) bond motifs is 4. The molecule has 4 nitrogen and oxygen atoms in total. The van der Waals surface area contributed by atoms with E-state index in [0.717, 1.165) is 5.82 Å². The van der Waals surface area contributed by atoms with Crippen molar-refractivity contribution in [2.24, 2.45) is 5.92 Å². The lowest BCUT2D eigenvalue weighted by Gasteiger charge is -2.25. The highest BCUT2D eigenvalue weighted by atomic mass is 16.5. The van der Waals surface area contributed by atoms with E-state index in [1.54, 1.807) is 5.57 Å². The Bertz CT molecular complexity index is 623. The Balaban J connectivity index is 1.97. The van der Waals surface area contributed by atoms with Crippen molar-refractivity contribution in [1.29, 1.82) is 0 Å². The molecule has 1 fully saturated rings. The van der Waals surface area contributed by atoms with Gasteiger partial charge in [-0.3, -0.25) is 4.90 Å². The van der Waals surface area contributed by atoms with Crippen molar-refractivity contribution in [3.05, 3.63) is 35.1 Å². The van der Waals surface area contributed by atoms with Crippen molar-refractivity contribution >= 4 is 5.70 Å². The first-order valence-electron chi connectivity index (χ1n) is 7.45. The maximum Gasteiger partial charge on any atom is 0.135 e. The fourth-order valence-corrected chi connectivity index (χ4v) is 4.19. The molecule has 4 heteroatoms. The second-order valence-corrected chi connectivity index (χ2v) is 6.18. The monoisotopic (exact) mass is 271 g/mol. The molecule has 20 heavy (non-hydrogen) atoms. The molecule has 0 bridgehead atoms. The van der Waals surface area contributed by atoms with Gasteiger partial charge in [-0.15, -0.1) is 0 Å². The van der Waals surface area contributed by atoms with E-state index in [1.165, 1.54) is 42.7 Å². The van der Waals surface area contributed by atoms with Crippen LogP contribution in [0.25, 0.3) is 5.70 Å². The second kappa shape index (κ2) is 4.22. The summed E-state index contributed by atoms with van der Waals surface area (Å²) in [6.45, 7) is 0. The smallest absolute Gasteiger partial charge is 0.135 e. The maximum absolute atomic E-state index is 5.85. The third-order valence-electron chi connectivity index (χ3n) is 4.92. The molecule has 0 spiro atoms. The van der Waals surface area contributed by atoms with Crippen molar-refractivity contribution in [3.8, 4) is 0 Å². The van der Waals surface area contributed by atoms with Gasteiger partial charge in [-0.25, -0.2) is 4.98 Å². The minimum Gasteiger partial charge on any atom is -0.500 e. The first-order chi connectivity index (χ1) is 9.74. The van der Waals surface area contributed by atoms with Gasteiger partial charge < -0.3 is 9.30 Å². The van der Waals surface area contributed by atoms with Gasteiger partial charge in [-0.05, 0) is 38.9 Å². The van der Waals surface area contributed by atoms with Crippen molar-refractivity contribution in [2.75, 3.05) is 21.2 Å². The van der Waals surface area contributed by atoms with Crippen molar-refractivity contribution < 1.29 is 4.74 Å². The van der Waals surface area contributed by atoms with Crippen LogP contribution in [0.4, 0.5) is 0 Å². The summed E-state index contributed by atoms with van der Waals surface area (Å²) >= 11 is 0. The Kier molecular flexibility index (Phi) is 2.58. The van der Waals surface area contributed by atoms with E-state index in [9.17, 15) is 0 Å². The Hall–Kier alpha value is -1.55. The number of methoxy groups -OCH3 is 1. The number of likely N-dealkylation sites (N-methyl/N-ethyl adjacent to an activating group) is 1. The quantitative estimate of drug-likeness (QED) is 0.828. The second-order valence-electron chi connectivity index (χ2n) is 6.18. The molecule has 2 heterocycles. The van der Waals surface area contributed by atoms with Crippen molar-refractivity contribution in [2.45, 2.75) is 31.7 Å². The first kappa shape index (κ1) is 12.2. The highest BCUT2D eigenvalue weighted by Gasteiger charge is 2.46. The summed E-state index contributed by atoms with van der Waals surface area (Å²) in [7, 11) is 6.07. The molecule has 2 aliphatic carbocycles. The van der Waals surface area contributed by atoms with E-state index in [-0.39, 0.29) is 6.04 Å². The zero-order chi connectivity index (χ0) is 13.9. The summed E-state index contributed by atoms with van der Waals surface area (Å²) in [5.74, 6) is 2.83. The molecule has 0 unspecified atom stereocenters. The molecule has 2 atom stereocenters. The summed E-state index contributed by atoms with van der Waals surface area (Å²) < 4.78 is 8.14. The number of hydrogen-bond donors (Lipinski definition) is 0. The molecular weight excluding hydrogens is 250 g/mol. The average molecular weight is 271 g/mol. The van der Waals surface area contributed by atoms with Gasteiger partial charge in [0.1, 0.15) is 11.6 Å². The highest BCUT2D eigenvalue weighted by Crippen LogP contribution is 2.55. The molecule has 0 radical (unpaired) electrons. The molecular formula is C16H21N3O. The Labute approximate surface area is 119 Å². The number of nitrogens with zero attached hydrogens (tertiary/aromatic N) is 3. The Morgan fingerprint density at radius 1 is 1.35 bits per heavy atom. The Morgan fingerprint density at radius 3 is 2.95 bits per heavy atom. The first-order valence-corrected chi connectivity index (χ1v) is 7.45. The third-order valence-corrected chi connectivity index (χ3v) is 4.92. The fraction of sp³-hybridized carbons (Fsp3) is 0.562. The van der Waals surface area contributed by atoms with Crippen LogP contribution in [0.3, 0.4) is 0 Å². The molecule has 1 saturated carbocycles. The number of hydrogen-bond acceptors (Lipinski definition) is 3. The molecule has 3 aliphatic rings. The van der Waals surface area contributed by atoms with Gasteiger partial charge in [0.05, 0.1) is 18.8 Å². The van der Waals surface area contributed by atoms with Crippen LogP contribution in [0, 0.1) is 5.92 Å². The van der Waals surface area contributed by atoms with Crippen LogP contribution in [0.15, 0.2) is 29.3 Å². The highest BCUT2D eigenvalue weighted by molar-refractivity contribution is 5.80. The van der Waals surface area contributed by atoms with Crippen LogP contribution in [-0.2, 0) is 4.74 Å². The van der Waals surface area contributed by atoms with Gasteiger partial charge >= 0.3 is 0 Å². The number of rotatable bonds is 2. The van der Waals surface area contributed by atoms with Crippen LogP contribution >= 0.6 is 0 Å². The van der Waals surface area contributed by atoms with Crippen LogP contribution in [0.1, 0.15) is 37.5 Å². The van der Waals surface area contributed by atoms with Gasteiger partial charge in [0, 0.05) is 23.9 Å². The lowest BCUT2D eigenvalue weighted by molar-refractivity contribution is 0.230. The van der Waals surface area contributed by atoms with Crippen LogP contribution in [0.5, 0.6) is 0 Å². The summed E-state index contributed by atoms with van der Waals surface area (Å²) in [5.41, 5.74) is 4.33. The standard InChI is InChI=1S/C16H21N3O/c1-18(2)14-12-13(19-9-8-17-16(14)19)10-6-4-5-7-11(10)15(12)20-3/h8-9,11,14H,4-7H2,1-3H3/t11-,14+/m0/s1. The number of ether oxygens (including phenoxy) is 1. The molecule has 4 rings (SSSR count). The molecule has 1 aliphatic heterocycles. The normalized spacial score (nSPS) is 28.0. The number of allylic oxidation sites excluding steroid dienone is 1. The van der Waals surface area contributed by atoms with Gasteiger partial charge in [0.2, 0.25) is 0 Å². The van der Waals surface area contributed by atoms with E-state index in [1.807, 2.05) is 13.3 Å². The Morgan fingerprint density at radius 2 is 2.20 bits per heavy atom. The number of aromatic nitrogens is 2. The summed E-state index contributed by atoms with van der Waals surface area (Å²) in [4.78, 5) is 6.83. The van der Waals surface area contributed by atoms with Gasteiger partial charge in [0.25, 0.3) is 0 Å². The predicted octanol–water partition coefficient (Wildman–Crippen LogP) is 2.81. The van der Waals surface area contributed by atoms with Crippen molar-refractivity contribution in [1.82, 2.24) is 14.5 Å². The predicted molar refractivity (Wildman–Crippen MR) is 77.9 cm³/mol. The minimum absolute atomic E-state index is 0.230. The van der Waals surface area contributed by atoms with Crippen LogP contribution in [-0.4, -0.2) is 35.7 Å². The molecule has 0 saturated heterocycles. The maximum atomic E-state index is 5.85. The van der Waals surface area contributed by atoms with E-state index >= 15 is 0 Å². The summed E-state index contributed by atoms with van der Waals surface area (Å²) in [6.07, 6.45) is 9.06. The molecule has 1 aromatic heterocycles. The SMILES string of the molecule is COC1=C2C(=C3CCCC[C@@H]31)n1ccnc1[C@@H]2N(C)C. The van der Waals surface area contributed by atoms with Gasteiger partial charge in [0.15, 0.2) is 0 Å². The lowest BCUT2D eigenvalue weighted by Crippen LogP contribution is -2.21. The molecule has 0 N–H and O–H groups in total. The van der Waals surface area contributed by atoms with E-state index < -0.39 is 0 Å². The van der Waals surface area contributed by atoms with Gasteiger partial charge in [-0.1, -0.05) is 6.42 Å². The third kappa shape index (κ3) is 1.37. The van der Waals surface area contributed by atoms with E-state index in [2.05, 4.69) is 34.7 Å². The summed E-state index contributed by atoms with van der Waals surface area (Å²) in [5, 5.41) is 0. The topological polar surface area (TPSA) is 30.3 Å². The lowest BCUT2D eigenvalue weighted by atomic mass is 9.85. The number of imidazole rings is 1. The zero-order valence-electron chi connectivity index (χ0n) is 12.4. The van der Waals surface area contributed by atoms with Gasteiger partial charge in [-0.2, -0.15) is 0 Å². The largest absolute Gasteiger partial charge is 0.500 e. The zero-order valence-corrected chi connectivity index (χ0v) is 12.4. The molecule has 0 amide bonds. The minimum atomic E-state index is 0.230. The molecule has 106 valence electrons. The average Bonchev–Trinajstić information content (AvgIpc) is 3.06. The molecule has 0 aromatic carbocycles. The van der Waals surface area contributed by atoms with Crippen molar-refractivity contribution in [3.63, 3.8) is 0 Å². The van der Waals surface area contributed by atoms with E-state index in [4.69, 9.17) is 4.74 Å². The van der Waals surface area contributed by atoms with E-state index in [0.29, 0.717) is 5.92 Å².